The minimum Gasteiger partial charge on any atom is -0.304 e. The molecule has 80 valence electrons. The summed E-state index contributed by atoms with van der Waals surface area (Å²) in [5, 5.41) is 2.98. The van der Waals surface area contributed by atoms with Crippen molar-refractivity contribution in [2.75, 3.05) is 5.32 Å². The number of hydrogen-bond donors (Lipinski definition) is 1. The normalized spacial score (nSPS) is 9.81. The monoisotopic (exact) mass is 233 g/mol. The molecule has 0 atom stereocenters. The van der Waals surface area contributed by atoms with Gasteiger partial charge in [0.15, 0.2) is 5.82 Å². The number of hydrogen-bond acceptors (Lipinski definition) is 3. The summed E-state index contributed by atoms with van der Waals surface area (Å²) in [6.45, 7) is 0. The molecule has 0 saturated heterocycles. The molecule has 0 aliphatic carbocycles. The number of halogens is 1. The predicted molar refractivity (Wildman–Crippen MR) is 61.4 cm³/mol. The Bertz CT molecular complexity index is 502. The van der Waals surface area contributed by atoms with Gasteiger partial charge in [0.1, 0.15) is 5.69 Å². The number of aromatic nitrogens is 2. The van der Waals surface area contributed by atoms with E-state index >= 15 is 0 Å². The maximum absolute atomic E-state index is 11.7. The van der Waals surface area contributed by atoms with Crippen molar-refractivity contribution in [3.8, 4) is 0 Å². The zero-order chi connectivity index (χ0) is 11.4. The Kier molecular flexibility index (Phi) is 3.12. The van der Waals surface area contributed by atoms with Gasteiger partial charge in [0.2, 0.25) is 0 Å². The fraction of sp³-hybridized carbons (Fsp3) is 0. The number of carbonyl (C=O) groups is 1. The molecular weight excluding hydrogens is 226 g/mol. The van der Waals surface area contributed by atoms with Gasteiger partial charge < -0.3 is 5.32 Å². The molecule has 2 rings (SSSR count). The molecule has 0 bridgehead atoms. The molecule has 2 heterocycles. The van der Waals surface area contributed by atoms with Crippen LogP contribution in [-0.2, 0) is 0 Å². The summed E-state index contributed by atoms with van der Waals surface area (Å²) in [5.41, 5.74) is 0.323. The Labute approximate surface area is 97.3 Å². The lowest BCUT2D eigenvalue weighted by Gasteiger charge is -2.04. The van der Waals surface area contributed by atoms with Crippen molar-refractivity contribution in [1.29, 1.82) is 0 Å². The maximum Gasteiger partial charge on any atom is 0.275 e. The predicted octanol–water partition coefficient (Wildman–Crippen LogP) is 2.38. The van der Waals surface area contributed by atoms with E-state index in [4.69, 9.17) is 11.6 Å². The number of nitrogens with zero attached hydrogens (tertiary/aromatic N) is 2. The molecule has 0 aliphatic heterocycles. The van der Waals surface area contributed by atoms with E-state index in [1.807, 2.05) is 0 Å². The highest BCUT2D eigenvalue weighted by atomic mass is 35.5. The number of rotatable bonds is 2. The van der Waals surface area contributed by atoms with E-state index in [0.717, 1.165) is 0 Å². The molecule has 0 radical (unpaired) electrons. The van der Waals surface area contributed by atoms with Crippen molar-refractivity contribution in [1.82, 2.24) is 9.97 Å². The average Bonchev–Trinajstić information content (AvgIpc) is 2.33. The molecule has 0 fully saturated rings. The molecule has 1 amide bonds. The van der Waals surface area contributed by atoms with Crippen LogP contribution in [0.15, 0.2) is 42.7 Å². The second-order valence-corrected chi connectivity index (χ2v) is 3.41. The molecule has 2 aromatic heterocycles. The molecule has 0 aliphatic rings. The topological polar surface area (TPSA) is 54.9 Å². The van der Waals surface area contributed by atoms with Crippen LogP contribution in [0, 0.1) is 0 Å². The first-order valence-electron chi connectivity index (χ1n) is 4.60. The summed E-state index contributed by atoms with van der Waals surface area (Å²) in [6, 6.07) is 8.44. The smallest absolute Gasteiger partial charge is 0.275 e. The molecule has 0 aromatic carbocycles. The molecular formula is C11H8ClN3O. The van der Waals surface area contributed by atoms with Gasteiger partial charge in [-0.25, -0.2) is 4.98 Å². The van der Waals surface area contributed by atoms with E-state index in [-0.39, 0.29) is 5.91 Å². The largest absolute Gasteiger partial charge is 0.304 e. The highest BCUT2D eigenvalue weighted by molar-refractivity contribution is 6.33. The first-order chi connectivity index (χ1) is 7.77. The van der Waals surface area contributed by atoms with Crippen LogP contribution in [0.4, 0.5) is 5.82 Å². The summed E-state index contributed by atoms with van der Waals surface area (Å²) in [4.78, 5) is 19.6. The van der Waals surface area contributed by atoms with Crippen molar-refractivity contribution < 1.29 is 4.79 Å². The number of pyridine rings is 2. The van der Waals surface area contributed by atoms with Crippen LogP contribution in [0.25, 0.3) is 0 Å². The quantitative estimate of drug-likeness (QED) is 0.867. The molecule has 16 heavy (non-hydrogen) atoms. The van der Waals surface area contributed by atoms with Crippen LogP contribution in [0.1, 0.15) is 10.5 Å². The Balaban J connectivity index is 2.18. The Morgan fingerprint density at radius 2 is 1.94 bits per heavy atom. The van der Waals surface area contributed by atoms with Gasteiger partial charge >= 0.3 is 0 Å². The van der Waals surface area contributed by atoms with Crippen LogP contribution >= 0.6 is 11.6 Å². The Hall–Kier alpha value is -1.94. The van der Waals surface area contributed by atoms with Crippen LogP contribution in [0.3, 0.4) is 0 Å². The first kappa shape index (κ1) is 10.6. The first-order valence-corrected chi connectivity index (χ1v) is 4.98. The fourth-order valence-electron chi connectivity index (χ4n) is 1.15. The molecule has 4 nitrogen and oxygen atoms in total. The van der Waals surface area contributed by atoms with Crippen LogP contribution in [-0.4, -0.2) is 15.9 Å². The molecule has 0 unspecified atom stereocenters. The molecule has 5 heteroatoms. The van der Waals surface area contributed by atoms with E-state index in [2.05, 4.69) is 15.3 Å². The standard InChI is InChI=1S/C11H8ClN3O/c12-8-4-3-7-14-10(8)15-11(16)9-5-1-2-6-13-9/h1-7H,(H,14,15,16). The maximum atomic E-state index is 11.7. The van der Waals surface area contributed by atoms with Gasteiger partial charge in [-0.15, -0.1) is 0 Å². The summed E-state index contributed by atoms with van der Waals surface area (Å²) >= 11 is 5.86. The minimum atomic E-state index is -0.332. The summed E-state index contributed by atoms with van der Waals surface area (Å²) in [7, 11) is 0. The van der Waals surface area contributed by atoms with Gasteiger partial charge in [-0.1, -0.05) is 17.7 Å². The Morgan fingerprint density at radius 3 is 2.62 bits per heavy atom. The number of nitrogens with one attached hydrogen (secondary N) is 1. The van der Waals surface area contributed by atoms with Gasteiger partial charge in [0, 0.05) is 12.4 Å². The third-order valence-electron chi connectivity index (χ3n) is 1.89. The molecule has 0 saturated carbocycles. The third-order valence-corrected chi connectivity index (χ3v) is 2.19. The Morgan fingerprint density at radius 1 is 1.12 bits per heavy atom. The number of anilines is 1. The number of amides is 1. The summed E-state index contributed by atoms with van der Waals surface area (Å²) < 4.78 is 0. The second kappa shape index (κ2) is 4.72. The van der Waals surface area contributed by atoms with E-state index in [1.165, 1.54) is 0 Å². The highest BCUT2D eigenvalue weighted by Crippen LogP contribution is 2.17. The third kappa shape index (κ3) is 2.35. The van der Waals surface area contributed by atoms with E-state index < -0.39 is 0 Å². The van der Waals surface area contributed by atoms with Crippen molar-refractivity contribution in [3.05, 3.63) is 53.4 Å². The lowest BCUT2D eigenvalue weighted by Crippen LogP contribution is -2.14. The van der Waals surface area contributed by atoms with Crippen molar-refractivity contribution >= 4 is 23.3 Å². The highest BCUT2D eigenvalue weighted by Gasteiger charge is 2.09. The van der Waals surface area contributed by atoms with Gasteiger partial charge in [0.05, 0.1) is 5.02 Å². The molecule has 0 spiro atoms. The summed E-state index contributed by atoms with van der Waals surface area (Å²) in [6.07, 6.45) is 3.11. The summed E-state index contributed by atoms with van der Waals surface area (Å²) in [5.74, 6) is 0.000944. The van der Waals surface area contributed by atoms with Gasteiger partial charge in [0.25, 0.3) is 5.91 Å². The minimum absolute atomic E-state index is 0.323. The van der Waals surface area contributed by atoms with Crippen molar-refractivity contribution in [3.63, 3.8) is 0 Å². The van der Waals surface area contributed by atoms with Crippen LogP contribution < -0.4 is 5.32 Å². The van der Waals surface area contributed by atoms with E-state index in [0.29, 0.717) is 16.5 Å². The SMILES string of the molecule is O=C(Nc1ncccc1Cl)c1ccccn1. The average molecular weight is 234 g/mol. The van der Waals surface area contributed by atoms with Crippen molar-refractivity contribution in [2.45, 2.75) is 0 Å². The van der Waals surface area contributed by atoms with Crippen molar-refractivity contribution in [2.24, 2.45) is 0 Å². The van der Waals surface area contributed by atoms with E-state index in [1.54, 1.807) is 42.7 Å². The number of carbonyl (C=O) groups excluding carboxylic acids is 1. The van der Waals surface area contributed by atoms with Gasteiger partial charge in [-0.05, 0) is 24.3 Å². The molecule has 1 N–H and O–H groups in total. The van der Waals surface area contributed by atoms with Crippen LogP contribution in [0.5, 0.6) is 0 Å². The van der Waals surface area contributed by atoms with Crippen LogP contribution in [0.2, 0.25) is 5.02 Å². The fourth-order valence-corrected chi connectivity index (χ4v) is 1.32. The zero-order valence-electron chi connectivity index (χ0n) is 8.22. The lowest BCUT2D eigenvalue weighted by atomic mass is 10.3. The van der Waals surface area contributed by atoms with Gasteiger partial charge in [-0.2, -0.15) is 0 Å². The molecule has 2 aromatic rings. The zero-order valence-corrected chi connectivity index (χ0v) is 8.98. The van der Waals surface area contributed by atoms with E-state index in [9.17, 15) is 4.79 Å². The second-order valence-electron chi connectivity index (χ2n) is 3.00. The van der Waals surface area contributed by atoms with Gasteiger partial charge in [-0.3, -0.25) is 9.78 Å². The lowest BCUT2D eigenvalue weighted by molar-refractivity contribution is 0.102.